The lowest BCUT2D eigenvalue weighted by Crippen LogP contribution is -2.44. The predicted molar refractivity (Wildman–Crippen MR) is 123 cm³/mol. The van der Waals surface area contributed by atoms with Gasteiger partial charge in [0.15, 0.2) is 17.2 Å². The Labute approximate surface area is 200 Å². The zero-order valence-electron chi connectivity index (χ0n) is 20.6. The number of hydrogen-bond acceptors (Lipinski definition) is 9. The van der Waals surface area contributed by atoms with Crippen LogP contribution in [-0.2, 0) is 23.8 Å². The average Bonchev–Trinajstić information content (AvgIpc) is 2.86. The van der Waals surface area contributed by atoms with Crippen LogP contribution in [0.25, 0.3) is 0 Å². The molecular formula is C24H36N2O8. The van der Waals surface area contributed by atoms with Crippen molar-refractivity contribution >= 4 is 17.8 Å². The molecule has 2 rings (SSSR count). The molecule has 1 aliphatic heterocycles. The quantitative estimate of drug-likeness (QED) is 0.398. The first-order chi connectivity index (χ1) is 16.3. The monoisotopic (exact) mass is 480 g/mol. The summed E-state index contributed by atoms with van der Waals surface area (Å²) in [6.07, 6.45) is 5.03. The van der Waals surface area contributed by atoms with Gasteiger partial charge in [0.2, 0.25) is 6.79 Å². The first-order valence-electron chi connectivity index (χ1n) is 11.7. The van der Waals surface area contributed by atoms with Gasteiger partial charge in [-0.2, -0.15) is 0 Å². The van der Waals surface area contributed by atoms with Crippen LogP contribution in [0.4, 0.5) is 0 Å². The number of methoxy groups -OCH3 is 1. The molecule has 1 N–H and O–H groups in total. The molecule has 0 spiro atoms. The van der Waals surface area contributed by atoms with Crippen molar-refractivity contribution in [2.45, 2.75) is 78.0 Å². The van der Waals surface area contributed by atoms with Gasteiger partial charge in [0, 0.05) is 38.1 Å². The molecule has 0 unspecified atom stereocenters. The molecule has 1 aromatic heterocycles. The predicted octanol–water partition coefficient (Wildman–Crippen LogP) is 3.03. The van der Waals surface area contributed by atoms with Gasteiger partial charge >= 0.3 is 11.9 Å². The van der Waals surface area contributed by atoms with Gasteiger partial charge in [0.25, 0.3) is 5.91 Å². The summed E-state index contributed by atoms with van der Waals surface area (Å²) in [5, 5.41) is 2.68. The number of hydrogen-bond donors (Lipinski definition) is 1. The minimum absolute atomic E-state index is 0.00419. The number of carbonyl (C=O) groups excluding carboxylic acids is 3. The van der Waals surface area contributed by atoms with Crippen molar-refractivity contribution in [2.75, 3.05) is 20.5 Å². The van der Waals surface area contributed by atoms with E-state index in [0.717, 1.165) is 25.7 Å². The summed E-state index contributed by atoms with van der Waals surface area (Å²) in [4.78, 5) is 41.1. The SMILES string of the molecule is CCCC[C@H]1[C@H](C)OC(=O)[C@@H](NC(=O)c2nccc(OC)c2OCOC(C)=O)CCO[C@@H]1CC. The third kappa shape index (κ3) is 7.58. The summed E-state index contributed by atoms with van der Waals surface area (Å²) in [6, 6.07) is 0.581. The number of nitrogens with zero attached hydrogens (tertiary/aromatic N) is 1. The van der Waals surface area contributed by atoms with Crippen LogP contribution in [-0.4, -0.2) is 61.6 Å². The van der Waals surface area contributed by atoms with Crippen LogP contribution in [0.15, 0.2) is 12.3 Å². The maximum absolute atomic E-state index is 13.1. The first kappa shape index (κ1) is 27.4. The average molecular weight is 481 g/mol. The van der Waals surface area contributed by atoms with Gasteiger partial charge < -0.3 is 29.0 Å². The highest BCUT2D eigenvalue weighted by atomic mass is 16.7. The van der Waals surface area contributed by atoms with Gasteiger partial charge in [-0.05, 0) is 19.8 Å². The van der Waals surface area contributed by atoms with Crippen molar-refractivity contribution in [2.24, 2.45) is 5.92 Å². The molecule has 0 saturated carbocycles. The fourth-order valence-corrected chi connectivity index (χ4v) is 3.94. The molecule has 190 valence electrons. The maximum atomic E-state index is 13.1. The van der Waals surface area contributed by atoms with E-state index in [9.17, 15) is 14.4 Å². The highest BCUT2D eigenvalue weighted by Crippen LogP contribution is 2.30. The van der Waals surface area contributed by atoms with Crippen molar-refractivity contribution in [3.05, 3.63) is 18.0 Å². The third-order valence-corrected chi connectivity index (χ3v) is 5.77. The number of esters is 2. The lowest BCUT2D eigenvalue weighted by molar-refractivity contribution is -0.154. The van der Waals surface area contributed by atoms with Gasteiger partial charge in [-0.1, -0.05) is 26.7 Å². The lowest BCUT2D eigenvalue weighted by Gasteiger charge is -2.30. The Kier molecular flexibility index (Phi) is 11.1. The standard InChI is InChI=1S/C24H36N2O8/c1-6-8-9-17-15(3)34-24(29)18(11-13-31-19(17)7-2)26-23(28)21-22(33-14-32-16(4)27)20(30-5)10-12-25-21/h10,12,15,17-19H,6-9,11,13-14H2,1-5H3,(H,26,28)/t15-,17-,18-,19+/m0/s1. The van der Waals surface area contributed by atoms with E-state index in [1.807, 2.05) is 6.92 Å². The van der Waals surface area contributed by atoms with Crippen LogP contribution in [0.5, 0.6) is 11.5 Å². The summed E-state index contributed by atoms with van der Waals surface area (Å²) >= 11 is 0. The zero-order chi connectivity index (χ0) is 25.1. The number of carbonyl (C=O) groups is 3. The zero-order valence-corrected chi connectivity index (χ0v) is 20.6. The molecule has 10 nitrogen and oxygen atoms in total. The molecule has 4 atom stereocenters. The van der Waals surface area contributed by atoms with E-state index < -0.39 is 30.7 Å². The fourth-order valence-electron chi connectivity index (χ4n) is 3.94. The van der Waals surface area contributed by atoms with Crippen molar-refractivity contribution in [3.63, 3.8) is 0 Å². The number of cyclic esters (lactones) is 1. The van der Waals surface area contributed by atoms with Gasteiger partial charge in [-0.25, -0.2) is 9.78 Å². The Balaban J connectivity index is 2.18. The van der Waals surface area contributed by atoms with E-state index in [0.29, 0.717) is 6.61 Å². The Morgan fingerprint density at radius 2 is 2.06 bits per heavy atom. The van der Waals surface area contributed by atoms with Crippen LogP contribution >= 0.6 is 0 Å². The van der Waals surface area contributed by atoms with Crippen molar-refractivity contribution in [1.29, 1.82) is 0 Å². The summed E-state index contributed by atoms with van der Waals surface area (Å²) in [6.45, 7) is 7.16. The first-order valence-corrected chi connectivity index (χ1v) is 11.7. The summed E-state index contributed by atoms with van der Waals surface area (Å²) < 4.78 is 27.3. The molecule has 1 saturated heterocycles. The molecular weight excluding hydrogens is 444 g/mol. The second kappa shape index (κ2) is 13.7. The van der Waals surface area contributed by atoms with E-state index in [4.69, 9.17) is 23.7 Å². The smallest absolute Gasteiger partial charge is 0.329 e. The Morgan fingerprint density at radius 1 is 1.29 bits per heavy atom. The number of pyridine rings is 1. The fraction of sp³-hybridized carbons (Fsp3) is 0.667. The number of unbranched alkanes of at least 4 members (excludes halogenated alkanes) is 1. The van der Waals surface area contributed by atoms with E-state index in [-0.39, 0.29) is 41.7 Å². The lowest BCUT2D eigenvalue weighted by atomic mass is 9.89. The maximum Gasteiger partial charge on any atom is 0.329 e. The van der Waals surface area contributed by atoms with Gasteiger partial charge in [-0.15, -0.1) is 0 Å². The minimum Gasteiger partial charge on any atom is -0.493 e. The van der Waals surface area contributed by atoms with Gasteiger partial charge in [0.1, 0.15) is 12.1 Å². The molecule has 10 heteroatoms. The Hall–Kier alpha value is -2.88. The molecule has 1 aliphatic rings. The largest absolute Gasteiger partial charge is 0.493 e. The summed E-state index contributed by atoms with van der Waals surface area (Å²) in [5.41, 5.74) is -0.111. The molecule has 1 amide bonds. The number of aromatic nitrogens is 1. The number of nitrogens with one attached hydrogen (secondary N) is 1. The van der Waals surface area contributed by atoms with Crippen molar-refractivity contribution in [3.8, 4) is 11.5 Å². The van der Waals surface area contributed by atoms with Crippen molar-refractivity contribution in [1.82, 2.24) is 10.3 Å². The normalized spacial score (nSPS) is 23.0. The molecule has 1 aromatic rings. The van der Waals surface area contributed by atoms with E-state index in [1.54, 1.807) is 0 Å². The van der Waals surface area contributed by atoms with Crippen LogP contribution in [0.1, 0.15) is 70.3 Å². The van der Waals surface area contributed by atoms with Crippen LogP contribution < -0.4 is 14.8 Å². The van der Waals surface area contributed by atoms with E-state index in [2.05, 4.69) is 24.1 Å². The highest BCUT2D eigenvalue weighted by Gasteiger charge is 2.34. The number of amides is 1. The molecule has 0 aliphatic carbocycles. The second-order valence-electron chi connectivity index (χ2n) is 8.17. The van der Waals surface area contributed by atoms with Crippen LogP contribution in [0, 0.1) is 5.92 Å². The molecule has 1 fully saturated rings. The summed E-state index contributed by atoms with van der Waals surface area (Å²) in [7, 11) is 1.41. The van der Waals surface area contributed by atoms with Crippen LogP contribution in [0.3, 0.4) is 0 Å². The third-order valence-electron chi connectivity index (χ3n) is 5.77. The van der Waals surface area contributed by atoms with E-state index >= 15 is 0 Å². The molecule has 2 heterocycles. The Bertz CT molecular complexity index is 831. The highest BCUT2D eigenvalue weighted by molar-refractivity contribution is 5.98. The molecule has 0 aromatic carbocycles. The summed E-state index contributed by atoms with van der Waals surface area (Å²) in [5.74, 6) is -1.40. The second-order valence-corrected chi connectivity index (χ2v) is 8.17. The Morgan fingerprint density at radius 3 is 2.71 bits per heavy atom. The number of rotatable bonds is 10. The topological polar surface area (TPSA) is 122 Å². The molecule has 0 bridgehead atoms. The van der Waals surface area contributed by atoms with Gasteiger partial charge in [-0.3, -0.25) is 9.59 Å². The van der Waals surface area contributed by atoms with Crippen molar-refractivity contribution < 1.29 is 38.1 Å². The van der Waals surface area contributed by atoms with Gasteiger partial charge in [0.05, 0.1) is 13.2 Å². The molecule has 0 radical (unpaired) electrons. The van der Waals surface area contributed by atoms with Crippen LogP contribution in [0.2, 0.25) is 0 Å². The number of ether oxygens (including phenoxy) is 5. The minimum atomic E-state index is -0.924. The molecule has 34 heavy (non-hydrogen) atoms. The van der Waals surface area contributed by atoms with E-state index in [1.165, 1.54) is 26.3 Å².